The monoisotopic (exact) mass is 540 g/mol. The summed E-state index contributed by atoms with van der Waals surface area (Å²) < 4.78 is 3.03. The summed E-state index contributed by atoms with van der Waals surface area (Å²) in [6.45, 7) is 0. The van der Waals surface area contributed by atoms with Crippen LogP contribution >= 0.6 is 47.0 Å². The van der Waals surface area contributed by atoms with Gasteiger partial charge in [-0.25, -0.2) is 0 Å². The van der Waals surface area contributed by atoms with Crippen LogP contribution in [-0.4, -0.2) is 33.0 Å². The first kappa shape index (κ1) is 25.8. The van der Waals surface area contributed by atoms with E-state index in [1.54, 1.807) is 0 Å². The van der Waals surface area contributed by atoms with Crippen molar-refractivity contribution in [3.05, 3.63) is 76.3 Å². The maximum Gasteiger partial charge on any atom is 0.296 e. The average Bonchev–Trinajstić information content (AvgIpc) is 2.78. The molecule has 0 heterocycles. The second-order valence-corrected chi connectivity index (χ2v) is 9.87. The molecular formula is C22H19Cl3N4O4S. The van der Waals surface area contributed by atoms with Crippen molar-refractivity contribution < 1.29 is 14.5 Å². The van der Waals surface area contributed by atoms with Gasteiger partial charge in [0.05, 0.1) is 24.5 Å². The molecule has 3 aromatic rings. The Morgan fingerprint density at radius 1 is 1.12 bits per heavy atom. The van der Waals surface area contributed by atoms with Crippen LogP contribution < -0.4 is 20.7 Å². The van der Waals surface area contributed by atoms with Crippen LogP contribution in [0, 0.1) is 10.1 Å². The zero-order chi connectivity index (χ0) is 24.9. The van der Waals surface area contributed by atoms with Gasteiger partial charge in [-0.15, -0.1) is 0 Å². The van der Waals surface area contributed by atoms with Gasteiger partial charge in [-0.2, -0.15) is 0 Å². The fourth-order valence-electron chi connectivity index (χ4n) is 3.22. The quantitative estimate of drug-likeness (QED) is 0.126. The fourth-order valence-corrected chi connectivity index (χ4v) is 3.77. The number of ether oxygens (including phenoxy) is 1. The molecule has 3 N–H and O–H groups in total. The molecule has 0 radical (unpaired) electrons. The van der Waals surface area contributed by atoms with Gasteiger partial charge in [0.25, 0.3) is 5.69 Å². The molecule has 0 fully saturated rings. The van der Waals surface area contributed by atoms with Crippen molar-refractivity contribution in [3.63, 3.8) is 0 Å². The summed E-state index contributed by atoms with van der Waals surface area (Å²) in [7, 11) is 1.39. The van der Waals surface area contributed by atoms with Gasteiger partial charge in [0.1, 0.15) is 17.6 Å². The Hall–Kier alpha value is -2.85. The average molecular weight is 542 g/mol. The highest BCUT2D eigenvalue weighted by Gasteiger charge is 2.35. The van der Waals surface area contributed by atoms with Crippen molar-refractivity contribution in [1.29, 1.82) is 0 Å². The second kappa shape index (κ2) is 11.1. The Bertz CT molecular complexity index is 1230. The number of rotatable bonds is 7. The Kier molecular flexibility index (Phi) is 8.37. The number of hydrogen-bond acceptors (Lipinski definition) is 5. The largest absolute Gasteiger partial charge is 0.496 e. The van der Waals surface area contributed by atoms with Crippen molar-refractivity contribution >= 4 is 80.2 Å². The maximum absolute atomic E-state index is 12.8. The van der Waals surface area contributed by atoms with Crippen molar-refractivity contribution in [2.75, 3.05) is 12.4 Å². The van der Waals surface area contributed by atoms with E-state index in [1.807, 2.05) is 42.5 Å². The molecule has 3 rings (SSSR count). The van der Waals surface area contributed by atoms with E-state index >= 15 is 0 Å². The van der Waals surface area contributed by atoms with Gasteiger partial charge < -0.3 is 20.7 Å². The maximum atomic E-state index is 12.8. The summed E-state index contributed by atoms with van der Waals surface area (Å²) in [5.41, 5.74) is 0.621. The highest BCUT2D eigenvalue weighted by molar-refractivity contribution is 7.80. The molecule has 0 aliphatic heterocycles. The summed E-state index contributed by atoms with van der Waals surface area (Å²) in [6, 6.07) is 17.5. The number of nitro groups is 1. The lowest BCUT2D eigenvalue weighted by molar-refractivity contribution is -0.384. The van der Waals surface area contributed by atoms with Crippen LogP contribution in [-0.2, 0) is 11.2 Å². The lowest BCUT2D eigenvalue weighted by Crippen LogP contribution is -2.56. The molecule has 0 aromatic heterocycles. The molecule has 0 spiro atoms. The number of nitro benzene ring substituents is 1. The molecule has 178 valence electrons. The third-order valence-electron chi connectivity index (χ3n) is 4.79. The standard InChI is InChI=1S/C22H19Cl3N4O4S/c1-33-15-9-10-17(18(12-15)29(31)32)26-21(34)28-20(22(23,24)25)27-19(30)11-14-7-4-6-13-5-2-3-8-16(13)14/h2-10,12,20H,11H2,1H3,(H,27,30)(H2,26,28,34). The van der Waals surface area contributed by atoms with Crippen LogP contribution in [0.15, 0.2) is 60.7 Å². The second-order valence-electron chi connectivity index (χ2n) is 7.10. The predicted molar refractivity (Wildman–Crippen MR) is 139 cm³/mol. The van der Waals surface area contributed by atoms with Crippen molar-refractivity contribution in [3.8, 4) is 5.75 Å². The highest BCUT2D eigenvalue weighted by atomic mass is 35.6. The topological polar surface area (TPSA) is 106 Å². The molecule has 0 bridgehead atoms. The number of anilines is 1. The number of amides is 1. The number of carbonyl (C=O) groups is 1. The van der Waals surface area contributed by atoms with E-state index in [4.69, 9.17) is 51.8 Å². The number of alkyl halides is 3. The number of nitrogens with one attached hydrogen (secondary N) is 3. The van der Waals surface area contributed by atoms with Crippen LogP contribution in [0.2, 0.25) is 0 Å². The van der Waals surface area contributed by atoms with Crippen LogP contribution in [0.25, 0.3) is 10.8 Å². The zero-order valence-electron chi connectivity index (χ0n) is 17.7. The molecule has 12 heteroatoms. The van der Waals surface area contributed by atoms with Gasteiger partial charge in [-0.3, -0.25) is 14.9 Å². The molecular weight excluding hydrogens is 523 g/mol. The normalized spacial score (nSPS) is 12.0. The molecule has 0 aliphatic carbocycles. The summed E-state index contributed by atoms with van der Waals surface area (Å²) >= 11 is 23.4. The molecule has 1 amide bonds. The van der Waals surface area contributed by atoms with E-state index in [9.17, 15) is 14.9 Å². The summed E-state index contributed by atoms with van der Waals surface area (Å²) in [4.78, 5) is 23.6. The number of nitrogens with zero attached hydrogens (tertiary/aromatic N) is 1. The lowest BCUT2D eigenvalue weighted by Gasteiger charge is -2.28. The predicted octanol–water partition coefficient (Wildman–Crippen LogP) is 5.10. The van der Waals surface area contributed by atoms with Gasteiger partial charge in [0.2, 0.25) is 9.70 Å². The minimum Gasteiger partial charge on any atom is -0.496 e. The molecule has 1 atom stereocenters. The molecule has 1 unspecified atom stereocenters. The van der Waals surface area contributed by atoms with E-state index in [-0.39, 0.29) is 22.9 Å². The minimum absolute atomic E-state index is 0.0322. The number of hydrogen-bond donors (Lipinski definition) is 3. The van der Waals surface area contributed by atoms with Gasteiger partial charge in [-0.1, -0.05) is 77.3 Å². The van der Waals surface area contributed by atoms with E-state index in [0.717, 1.165) is 16.3 Å². The number of methoxy groups -OCH3 is 1. The van der Waals surface area contributed by atoms with Gasteiger partial charge in [0, 0.05) is 0 Å². The van der Waals surface area contributed by atoms with Crippen molar-refractivity contribution in [2.45, 2.75) is 16.4 Å². The first-order valence-corrected chi connectivity index (χ1v) is 11.4. The van der Waals surface area contributed by atoms with Crippen LogP contribution in [0.5, 0.6) is 5.75 Å². The number of fused-ring (bicyclic) bond motifs is 1. The Morgan fingerprint density at radius 3 is 2.50 bits per heavy atom. The van der Waals surface area contributed by atoms with E-state index < -0.39 is 20.8 Å². The SMILES string of the molecule is COc1ccc(NC(=S)NC(NC(=O)Cc2cccc3ccccc23)C(Cl)(Cl)Cl)c([N+](=O)[O-])c1. The van der Waals surface area contributed by atoms with Gasteiger partial charge in [0.15, 0.2) is 5.11 Å². The van der Waals surface area contributed by atoms with Gasteiger partial charge in [-0.05, 0) is 40.7 Å². The molecule has 0 saturated heterocycles. The fraction of sp³-hybridized carbons (Fsp3) is 0.182. The lowest BCUT2D eigenvalue weighted by atomic mass is 10.0. The molecule has 8 nitrogen and oxygen atoms in total. The van der Waals surface area contributed by atoms with Crippen LogP contribution in [0.1, 0.15) is 5.56 Å². The Balaban J connectivity index is 1.72. The van der Waals surface area contributed by atoms with E-state index in [2.05, 4.69) is 16.0 Å². The Morgan fingerprint density at radius 2 is 1.82 bits per heavy atom. The Labute approximate surface area is 215 Å². The highest BCUT2D eigenvalue weighted by Crippen LogP contribution is 2.31. The van der Waals surface area contributed by atoms with Crippen LogP contribution in [0.4, 0.5) is 11.4 Å². The van der Waals surface area contributed by atoms with Crippen molar-refractivity contribution in [1.82, 2.24) is 10.6 Å². The summed E-state index contributed by atoms with van der Waals surface area (Å²) in [5, 5.41) is 21.2. The minimum atomic E-state index is -1.98. The van der Waals surface area contributed by atoms with E-state index in [1.165, 1.54) is 25.3 Å². The van der Waals surface area contributed by atoms with Gasteiger partial charge >= 0.3 is 0 Å². The number of benzene rings is 3. The summed E-state index contributed by atoms with van der Waals surface area (Å²) in [6.07, 6.45) is -1.19. The van der Waals surface area contributed by atoms with Crippen LogP contribution in [0.3, 0.4) is 0 Å². The third kappa shape index (κ3) is 6.60. The number of halogens is 3. The zero-order valence-corrected chi connectivity index (χ0v) is 20.8. The first-order valence-electron chi connectivity index (χ1n) is 9.81. The van der Waals surface area contributed by atoms with Crippen molar-refractivity contribution in [2.24, 2.45) is 0 Å². The first-order chi connectivity index (χ1) is 16.1. The molecule has 0 aliphatic rings. The summed E-state index contributed by atoms with van der Waals surface area (Å²) in [5.74, 6) is -0.116. The smallest absolute Gasteiger partial charge is 0.296 e. The molecule has 34 heavy (non-hydrogen) atoms. The van der Waals surface area contributed by atoms with E-state index in [0.29, 0.717) is 5.75 Å². The molecule has 3 aromatic carbocycles. The third-order valence-corrected chi connectivity index (χ3v) is 5.66. The number of carbonyl (C=O) groups excluding carboxylic acids is 1. The number of thiocarbonyl (C=S) groups is 1. The molecule has 0 saturated carbocycles.